The van der Waals surface area contributed by atoms with Crippen molar-refractivity contribution in [1.29, 1.82) is 0 Å². The minimum Gasteiger partial charge on any atom is -0.386 e. The molecule has 0 N–H and O–H groups in total. The summed E-state index contributed by atoms with van der Waals surface area (Å²) in [6.45, 7) is 6.30. The van der Waals surface area contributed by atoms with Crippen LogP contribution in [-0.4, -0.2) is 77.1 Å². The molecule has 0 spiro atoms. The van der Waals surface area contributed by atoms with Crippen molar-refractivity contribution in [3.63, 3.8) is 0 Å². The quantitative estimate of drug-likeness (QED) is 0.271. The van der Waals surface area contributed by atoms with Gasteiger partial charge >= 0.3 is 29.6 Å². The number of fused-ring (bicyclic) bond motifs is 1. The Balaban J connectivity index is 0.00000308. The standard InChI is InChI=1S/C30H36FN6S.Na/c1-21-8-7-9-22(16-21)25-10-15-37(33-25)29-18-28(36-12-5-4-6-13-36)30-26(32-29)17-23(38-30)19-35-14-11-27(34(2)3)24(31)20-35;/h7-10,15-16,18,24,27H,4-6,11-14,19-20H2,1-3H3;/q-1;+1. The molecule has 2 aliphatic heterocycles. The fraction of sp³-hybridized carbons (Fsp3) is 0.467. The van der Waals surface area contributed by atoms with Crippen LogP contribution in [0.25, 0.3) is 27.3 Å². The van der Waals surface area contributed by atoms with Gasteiger partial charge in [0.25, 0.3) is 0 Å². The number of anilines is 1. The van der Waals surface area contributed by atoms with Crippen molar-refractivity contribution in [3.05, 3.63) is 59.1 Å². The van der Waals surface area contributed by atoms with Crippen LogP contribution in [0.4, 0.5) is 10.1 Å². The Morgan fingerprint density at radius 3 is 2.67 bits per heavy atom. The first-order chi connectivity index (χ1) is 18.4. The zero-order valence-corrected chi connectivity index (χ0v) is 26.3. The van der Waals surface area contributed by atoms with Crippen LogP contribution in [0, 0.1) is 13.0 Å². The minimum atomic E-state index is -0.829. The van der Waals surface area contributed by atoms with Crippen molar-refractivity contribution >= 4 is 27.2 Å². The van der Waals surface area contributed by atoms with Gasteiger partial charge < -0.3 is 9.80 Å². The normalized spacial score (nSPS) is 20.5. The van der Waals surface area contributed by atoms with Crippen LogP contribution < -0.4 is 34.5 Å². The van der Waals surface area contributed by atoms with Crippen LogP contribution in [0.2, 0.25) is 0 Å². The Hall–Kier alpha value is -1.81. The van der Waals surface area contributed by atoms with E-state index in [1.165, 1.54) is 35.2 Å². The predicted molar refractivity (Wildman–Crippen MR) is 154 cm³/mol. The van der Waals surface area contributed by atoms with Gasteiger partial charge in [-0.1, -0.05) is 38.9 Å². The molecule has 9 heteroatoms. The van der Waals surface area contributed by atoms with Crippen molar-refractivity contribution < 1.29 is 33.9 Å². The Labute approximate surface area is 257 Å². The Morgan fingerprint density at radius 1 is 1.10 bits per heavy atom. The van der Waals surface area contributed by atoms with E-state index in [4.69, 9.17) is 10.1 Å². The molecule has 0 saturated carbocycles. The van der Waals surface area contributed by atoms with E-state index in [9.17, 15) is 4.39 Å². The first-order valence-corrected chi connectivity index (χ1v) is 14.5. The van der Waals surface area contributed by atoms with Crippen LogP contribution >= 0.6 is 11.3 Å². The Kier molecular flexibility index (Phi) is 9.11. The number of halogens is 1. The second-order valence-corrected chi connectivity index (χ2v) is 12.1. The molecule has 2 unspecified atom stereocenters. The Bertz CT molecular complexity index is 1410. The van der Waals surface area contributed by atoms with E-state index in [2.05, 4.69) is 59.2 Å². The molecule has 39 heavy (non-hydrogen) atoms. The van der Waals surface area contributed by atoms with Crippen molar-refractivity contribution in [1.82, 2.24) is 24.6 Å². The summed E-state index contributed by atoms with van der Waals surface area (Å²) in [5, 5.41) is 4.89. The van der Waals surface area contributed by atoms with Crippen LogP contribution in [0.1, 0.15) is 36.1 Å². The summed E-state index contributed by atoms with van der Waals surface area (Å²) in [5.74, 6) is 0.813. The number of aryl methyl sites for hydroxylation is 1. The van der Waals surface area contributed by atoms with E-state index in [0.717, 1.165) is 60.1 Å². The predicted octanol–water partition coefficient (Wildman–Crippen LogP) is 2.73. The van der Waals surface area contributed by atoms with Crippen molar-refractivity contribution in [2.24, 2.45) is 0 Å². The number of piperidine rings is 2. The number of benzene rings is 1. The van der Waals surface area contributed by atoms with Gasteiger partial charge in [0.15, 0.2) is 5.82 Å². The van der Waals surface area contributed by atoms with Gasteiger partial charge in [-0.3, -0.25) is 21.2 Å². The smallest absolute Gasteiger partial charge is 0.386 e. The summed E-state index contributed by atoms with van der Waals surface area (Å²) in [6, 6.07) is 16.3. The van der Waals surface area contributed by atoms with Gasteiger partial charge in [-0.25, -0.2) is 15.1 Å². The number of rotatable bonds is 6. The van der Waals surface area contributed by atoms with Crippen LogP contribution in [0.3, 0.4) is 0 Å². The molecular formula is C30H36FN6NaS. The summed E-state index contributed by atoms with van der Waals surface area (Å²) in [4.78, 5) is 12.9. The second kappa shape index (κ2) is 12.4. The van der Waals surface area contributed by atoms with Gasteiger partial charge in [0.05, 0.1) is 5.69 Å². The van der Waals surface area contributed by atoms with Gasteiger partial charge in [-0.05, 0) is 70.6 Å². The molecule has 2 atom stereocenters. The van der Waals surface area contributed by atoms with Crippen LogP contribution in [0.15, 0.2) is 42.6 Å². The third kappa shape index (κ3) is 6.26. The average Bonchev–Trinajstić information content (AvgIpc) is 3.56. The van der Waals surface area contributed by atoms with Gasteiger partial charge in [0.2, 0.25) is 0 Å². The van der Waals surface area contributed by atoms with E-state index >= 15 is 0 Å². The molecule has 0 bridgehead atoms. The number of nitrogens with zero attached hydrogens (tertiary/aromatic N) is 6. The maximum absolute atomic E-state index is 14.8. The number of likely N-dealkylation sites (tertiary alicyclic amines) is 1. The van der Waals surface area contributed by atoms with Crippen molar-refractivity contribution in [2.45, 2.75) is 51.4 Å². The molecule has 200 valence electrons. The molecular weight excluding hydrogens is 518 g/mol. The molecule has 6 rings (SSSR count). The number of thiophene rings is 1. The number of hydrogen-bond acceptors (Lipinski definition) is 6. The largest absolute Gasteiger partial charge is 1.00 e. The number of pyridine rings is 1. The van der Waals surface area contributed by atoms with E-state index in [-0.39, 0.29) is 35.6 Å². The molecule has 2 aliphatic rings. The molecule has 0 aliphatic carbocycles. The molecule has 2 saturated heterocycles. The van der Waals surface area contributed by atoms with E-state index in [1.807, 2.05) is 29.9 Å². The van der Waals surface area contributed by atoms with E-state index in [0.29, 0.717) is 6.54 Å². The van der Waals surface area contributed by atoms with Gasteiger partial charge in [-0.2, -0.15) is 5.10 Å². The SMILES string of the molecule is Cc1cccc(-c2ccn(-c3cc(N4CCCCC4)c4sc(CN5CCC(N(C)C)C(F)C5)[c-]c4n3)n2)c1.[Na+]. The second-order valence-electron chi connectivity index (χ2n) is 11.0. The molecule has 3 aromatic heterocycles. The number of aromatic nitrogens is 3. The molecule has 2 fully saturated rings. The fourth-order valence-corrected chi connectivity index (χ4v) is 6.95. The van der Waals surface area contributed by atoms with Crippen LogP contribution in [-0.2, 0) is 6.54 Å². The third-order valence-electron chi connectivity index (χ3n) is 7.88. The third-order valence-corrected chi connectivity index (χ3v) is 8.96. The van der Waals surface area contributed by atoms with Gasteiger partial charge in [-0.15, -0.1) is 0 Å². The summed E-state index contributed by atoms with van der Waals surface area (Å²) < 4.78 is 17.9. The summed E-state index contributed by atoms with van der Waals surface area (Å²) in [6.07, 6.45) is 5.71. The first kappa shape index (κ1) is 28.7. The number of hydrogen-bond donors (Lipinski definition) is 0. The van der Waals surface area contributed by atoms with Crippen molar-refractivity contribution in [3.8, 4) is 17.1 Å². The molecule has 0 amide bonds. The summed E-state index contributed by atoms with van der Waals surface area (Å²) in [7, 11) is 3.95. The zero-order chi connectivity index (χ0) is 26.2. The molecule has 5 heterocycles. The Morgan fingerprint density at radius 2 is 1.92 bits per heavy atom. The van der Waals surface area contributed by atoms with E-state index < -0.39 is 6.17 Å². The minimum absolute atomic E-state index is 0. The zero-order valence-electron chi connectivity index (χ0n) is 23.5. The number of alkyl halides is 1. The molecule has 4 aromatic rings. The van der Waals surface area contributed by atoms with Gasteiger partial charge in [0, 0.05) is 50.5 Å². The van der Waals surface area contributed by atoms with Gasteiger partial charge in [0.1, 0.15) is 6.17 Å². The maximum Gasteiger partial charge on any atom is 1.00 e. The summed E-state index contributed by atoms with van der Waals surface area (Å²) >= 11 is 1.76. The van der Waals surface area contributed by atoms with E-state index in [1.54, 1.807) is 11.3 Å². The molecule has 1 aromatic carbocycles. The van der Waals surface area contributed by atoms with Crippen LogP contribution in [0.5, 0.6) is 0 Å². The molecule has 6 nitrogen and oxygen atoms in total. The topological polar surface area (TPSA) is 40.4 Å². The first-order valence-electron chi connectivity index (χ1n) is 13.7. The monoisotopic (exact) mass is 554 g/mol. The maximum atomic E-state index is 14.8. The average molecular weight is 555 g/mol. The van der Waals surface area contributed by atoms with Crippen molar-refractivity contribution in [2.75, 3.05) is 45.2 Å². The summed E-state index contributed by atoms with van der Waals surface area (Å²) in [5.41, 5.74) is 5.37. The fourth-order valence-electron chi connectivity index (χ4n) is 5.83. The molecule has 0 radical (unpaired) electrons.